The number of nitrogens with zero attached hydrogens (tertiary/aromatic N) is 3. The third-order valence-corrected chi connectivity index (χ3v) is 4.83. The fourth-order valence-corrected chi connectivity index (χ4v) is 3.24. The van der Waals surface area contributed by atoms with Crippen LogP contribution in [0.5, 0.6) is 5.75 Å². The quantitative estimate of drug-likeness (QED) is 0.618. The number of primary amides is 1. The normalized spacial score (nSPS) is 10.7. The molecule has 26 heavy (non-hydrogen) atoms. The van der Waals surface area contributed by atoms with Crippen LogP contribution in [0.4, 0.5) is 0 Å². The smallest absolute Gasteiger partial charge is 0.227 e. The zero-order valence-corrected chi connectivity index (χ0v) is 15.3. The van der Waals surface area contributed by atoms with Gasteiger partial charge < -0.3 is 15.0 Å². The summed E-state index contributed by atoms with van der Waals surface area (Å²) in [5, 5.41) is 9.29. The molecule has 0 spiro atoms. The van der Waals surface area contributed by atoms with E-state index in [1.807, 2.05) is 47.0 Å². The third-order valence-electron chi connectivity index (χ3n) is 3.84. The molecule has 0 unspecified atom stereocenters. The number of nitrogens with two attached hydrogens (primary N) is 1. The first kappa shape index (κ1) is 18.0. The first-order chi connectivity index (χ1) is 12.7. The van der Waals surface area contributed by atoms with Crippen LogP contribution in [0, 0.1) is 0 Å². The molecule has 1 amide bonds. The number of thioether (sulfide) groups is 1. The highest BCUT2D eigenvalue weighted by Gasteiger charge is 2.14. The van der Waals surface area contributed by atoms with Gasteiger partial charge in [0.05, 0.1) is 19.4 Å². The Morgan fingerprint density at radius 2 is 1.81 bits per heavy atom. The van der Waals surface area contributed by atoms with Crippen LogP contribution in [0.25, 0.3) is 0 Å². The predicted molar refractivity (Wildman–Crippen MR) is 101 cm³/mol. The molecular formula is C19H20N4O2S. The second-order valence-corrected chi connectivity index (χ2v) is 6.69. The van der Waals surface area contributed by atoms with E-state index in [0.29, 0.717) is 18.1 Å². The topological polar surface area (TPSA) is 83.0 Å². The minimum absolute atomic E-state index is 0.176. The molecule has 0 aliphatic heterocycles. The summed E-state index contributed by atoms with van der Waals surface area (Å²) in [5.41, 5.74) is 7.52. The summed E-state index contributed by atoms with van der Waals surface area (Å²) in [6.07, 6.45) is 0.640. The molecule has 2 aromatic carbocycles. The predicted octanol–water partition coefficient (Wildman–Crippen LogP) is 2.50. The van der Waals surface area contributed by atoms with E-state index < -0.39 is 0 Å². The highest BCUT2D eigenvalue weighted by atomic mass is 32.2. The number of benzene rings is 2. The lowest BCUT2D eigenvalue weighted by Crippen LogP contribution is -2.14. The van der Waals surface area contributed by atoms with Crippen LogP contribution in [0.15, 0.2) is 59.8 Å². The standard InChI is InChI=1S/C19H20N4O2S/c1-25-16-9-7-14(8-10-16)11-18-21-22-19(26-13-17(20)24)23(18)12-15-5-3-2-4-6-15/h2-10H,11-13H2,1H3,(H2,20,24). The van der Waals surface area contributed by atoms with Crippen molar-refractivity contribution in [3.8, 4) is 5.75 Å². The first-order valence-electron chi connectivity index (χ1n) is 8.15. The number of carbonyl (C=O) groups excluding carboxylic acids is 1. The molecule has 0 fully saturated rings. The summed E-state index contributed by atoms with van der Waals surface area (Å²) in [4.78, 5) is 11.1. The van der Waals surface area contributed by atoms with E-state index in [2.05, 4.69) is 22.3 Å². The Morgan fingerprint density at radius 1 is 1.08 bits per heavy atom. The lowest BCUT2D eigenvalue weighted by Gasteiger charge is -2.10. The Balaban J connectivity index is 1.86. The molecule has 0 radical (unpaired) electrons. The zero-order chi connectivity index (χ0) is 18.4. The molecule has 134 valence electrons. The fourth-order valence-electron chi connectivity index (χ4n) is 2.54. The van der Waals surface area contributed by atoms with Gasteiger partial charge in [-0.05, 0) is 23.3 Å². The lowest BCUT2D eigenvalue weighted by molar-refractivity contribution is -0.115. The SMILES string of the molecule is COc1ccc(Cc2nnc(SCC(N)=O)n2Cc2ccccc2)cc1. The van der Waals surface area contributed by atoms with Gasteiger partial charge in [-0.15, -0.1) is 10.2 Å². The number of ether oxygens (including phenoxy) is 1. The van der Waals surface area contributed by atoms with Crippen molar-refractivity contribution in [1.82, 2.24) is 14.8 Å². The number of methoxy groups -OCH3 is 1. The largest absolute Gasteiger partial charge is 0.497 e. The molecule has 0 aliphatic rings. The van der Waals surface area contributed by atoms with Crippen LogP contribution in [0.3, 0.4) is 0 Å². The number of rotatable bonds is 8. The number of hydrogen-bond acceptors (Lipinski definition) is 5. The minimum Gasteiger partial charge on any atom is -0.497 e. The molecule has 0 saturated heterocycles. The molecular weight excluding hydrogens is 348 g/mol. The van der Waals surface area contributed by atoms with Crippen LogP contribution in [0.2, 0.25) is 0 Å². The van der Waals surface area contributed by atoms with E-state index in [4.69, 9.17) is 10.5 Å². The Morgan fingerprint density at radius 3 is 2.46 bits per heavy atom. The van der Waals surface area contributed by atoms with Gasteiger partial charge in [-0.1, -0.05) is 54.2 Å². The Labute approximate surface area is 156 Å². The van der Waals surface area contributed by atoms with Gasteiger partial charge in [-0.2, -0.15) is 0 Å². The van der Waals surface area contributed by atoms with Crippen molar-refractivity contribution < 1.29 is 9.53 Å². The summed E-state index contributed by atoms with van der Waals surface area (Å²) in [6.45, 7) is 0.639. The molecule has 0 bridgehead atoms. The molecule has 3 rings (SSSR count). The number of hydrogen-bond donors (Lipinski definition) is 1. The van der Waals surface area contributed by atoms with Crippen LogP contribution < -0.4 is 10.5 Å². The van der Waals surface area contributed by atoms with Crippen LogP contribution >= 0.6 is 11.8 Å². The van der Waals surface area contributed by atoms with E-state index >= 15 is 0 Å². The molecule has 2 N–H and O–H groups in total. The van der Waals surface area contributed by atoms with Crippen molar-refractivity contribution in [3.05, 3.63) is 71.5 Å². The summed E-state index contributed by atoms with van der Waals surface area (Å²) in [5.74, 6) is 1.46. The maximum atomic E-state index is 11.1. The van der Waals surface area contributed by atoms with Gasteiger partial charge in [0, 0.05) is 6.42 Å². The second kappa shape index (κ2) is 8.53. The van der Waals surface area contributed by atoms with E-state index in [1.165, 1.54) is 11.8 Å². The molecule has 0 atom stereocenters. The number of amides is 1. The molecule has 6 nitrogen and oxygen atoms in total. The average Bonchev–Trinajstić information content (AvgIpc) is 3.03. The first-order valence-corrected chi connectivity index (χ1v) is 9.14. The summed E-state index contributed by atoms with van der Waals surface area (Å²) in [7, 11) is 1.65. The average molecular weight is 368 g/mol. The van der Waals surface area contributed by atoms with E-state index in [0.717, 1.165) is 22.7 Å². The highest BCUT2D eigenvalue weighted by molar-refractivity contribution is 7.99. The molecule has 1 heterocycles. The van der Waals surface area contributed by atoms with Crippen LogP contribution in [-0.4, -0.2) is 33.5 Å². The van der Waals surface area contributed by atoms with Gasteiger partial charge in [0.25, 0.3) is 0 Å². The molecule has 7 heteroatoms. The molecule has 3 aromatic rings. The molecule has 1 aromatic heterocycles. The number of carbonyl (C=O) groups is 1. The van der Waals surface area contributed by atoms with E-state index in [-0.39, 0.29) is 11.7 Å². The van der Waals surface area contributed by atoms with Gasteiger partial charge in [0.1, 0.15) is 11.6 Å². The van der Waals surface area contributed by atoms with Crippen molar-refractivity contribution in [2.75, 3.05) is 12.9 Å². The van der Waals surface area contributed by atoms with Gasteiger partial charge >= 0.3 is 0 Å². The molecule has 0 aliphatic carbocycles. The van der Waals surface area contributed by atoms with Crippen LogP contribution in [0.1, 0.15) is 17.0 Å². The lowest BCUT2D eigenvalue weighted by atomic mass is 10.1. The minimum atomic E-state index is -0.374. The molecule has 0 saturated carbocycles. The monoisotopic (exact) mass is 368 g/mol. The van der Waals surface area contributed by atoms with Crippen molar-refractivity contribution in [3.63, 3.8) is 0 Å². The van der Waals surface area contributed by atoms with E-state index in [9.17, 15) is 4.79 Å². The van der Waals surface area contributed by atoms with Crippen molar-refractivity contribution >= 4 is 17.7 Å². The Kier molecular flexibility index (Phi) is 5.91. The van der Waals surface area contributed by atoms with Gasteiger partial charge in [-0.3, -0.25) is 4.79 Å². The fraction of sp³-hybridized carbons (Fsp3) is 0.211. The highest BCUT2D eigenvalue weighted by Crippen LogP contribution is 2.21. The zero-order valence-electron chi connectivity index (χ0n) is 14.5. The Bertz CT molecular complexity index is 863. The maximum absolute atomic E-state index is 11.1. The van der Waals surface area contributed by atoms with Gasteiger partial charge in [0.15, 0.2) is 5.16 Å². The Hall–Kier alpha value is -2.80. The summed E-state index contributed by atoms with van der Waals surface area (Å²) < 4.78 is 7.24. The van der Waals surface area contributed by atoms with Gasteiger partial charge in [0.2, 0.25) is 5.91 Å². The summed E-state index contributed by atoms with van der Waals surface area (Å²) in [6, 6.07) is 18.0. The van der Waals surface area contributed by atoms with Crippen molar-refractivity contribution in [2.24, 2.45) is 5.73 Å². The maximum Gasteiger partial charge on any atom is 0.227 e. The number of aromatic nitrogens is 3. The van der Waals surface area contributed by atoms with Gasteiger partial charge in [-0.25, -0.2) is 0 Å². The second-order valence-electron chi connectivity index (χ2n) is 5.75. The van der Waals surface area contributed by atoms with E-state index in [1.54, 1.807) is 7.11 Å². The summed E-state index contributed by atoms with van der Waals surface area (Å²) >= 11 is 1.31. The third kappa shape index (κ3) is 4.64. The van der Waals surface area contributed by atoms with Crippen molar-refractivity contribution in [2.45, 2.75) is 18.1 Å². The van der Waals surface area contributed by atoms with Crippen LogP contribution in [-0.2, 0) is 17.8 Å². The van der Waals surface area contributed by atoms with Crippen molar-refractivity contribution in [1.29, 1.82) is 0 Å².